The van der Waals surface area contributed by atoms with E-state index in [9.17, 15) is 10.4 Å². The fourth-order valence-corrected chi connectivity index (χ4v) is 5.38. The van der Waals surface area contributed by atoms with E-state index in [1.807, 2.05) is 127 Å². The van der Waals surface area contributed by atoms with Crippen LogP contribution in [0.4, 0.5) is 0 Å². The van der Waals surface area contributed by atoms with E-state index in [-0.39, 0.29) is 26.2 Å². The third-order valence-electron chi connectivity index (χ3n) is 7.63. The molecule has 0 aromatic heterocycles. The van der Waals surface area contributed by atoms with E-state index in [0.717, 1.165) is 22.3 Å². The van der Waals surface area contributed by atoms with Gasteiger partial charge in [-0.15, -0.1) is 0 Å². The number of nitrogens with zero attached hydrogens (tertiary/aromatic N) is 1. The van der Waals surface area contributed by atoms with Gasteiger partial charge in [-0.05, 0) is 22.3 Å². The molecule has 1 N–H and O–H groups in total. The second-order valence-corrected chi connectivity index (χ2v) is 11.0. The third-order valence-corrected chi connectivity index (χ3v) is 7.63. The van der Waals surface area contributed by atoms with E-state index < -0.39 is 30.2 Å². The summed E-state index contributed by atoms with van der Waals surface area (Å²) in [5.41, 5.74) is 3.91. The maximum absolute atomic E-state index is 12.2. The monoisotopic (exact) mass is 605 g/mol. The Bertz CT molecular complexity index is 1480. The zero-order valence-corrected chi connectivity index (χ0v) is 25.2. The molecule has 0 amide bonds. The molecular weight excluding hydrogens is 566 g/mol. The van der Waals surface area contributed by atoms with E-state index in [2.05, 4.69) is 0 Å². The molecule has 0 spiro atoms. The predicted molar refractivity (Wildman–Crippen MR) is 170 cm³/mol. The number of aliphatic hydroxyl groups is 1. The largest absolute Gasteiger partial charge is 0.374 e. The highest BCUT2D eigenvalue weighted by Crippen LogP contribution is 2.38. The van der Waals surface area contributed by atoms with Crippen molar-refractivity contribution < 1.29 is 28.8 Å². The van der Waals surface area contributed by atoms with Gasteiger partial charge in [0, 0.05) is 12.5 Å². The first kappa shape index (κ1) is 32.3. The summed E-state index contributed by atoms with van der Waals surface area (Å²) in [6.45, 7) is 1.28. The molecule has 7 heteroatoms. The lowest BCUT2D eigenvalue weighted by molar-refractivity contribution is -0.369. The van der Waals surface area contributed by atoms with Crippen molar-refractivity contribution in [1.29, 1.82) is 5.26 Å². The summed E-state index contributed by atoms with van der Waals surface area (Å²) in [7, 11) is 0. The van der Waals surface area contributed by atoms with Crippen molar-refractivity contribution in [3.05, 3.63) is 156 Å². The fraction of sp³-hybridized carbons (Fsp3) is 0.289. The van der Waals surface area contributed by atoms with Crippen LogP contribution in [0, 0.1) is 11.3 Å². The summed E-state index contributed by atoms with van der Waals surface area (Å²) < 4.78 is 32.3. The molecule has 1 aliphatic heterocycles. The minimum absolute atomic E-state index is 0.00576. The Kier molecular flexibility index (Phi) is 12.1. The number of hydrogen-bond donors (Lipinski definition) is 1. The first-order valence-corrected chi connectivity index (χ1v) is 15.2. The topological polar surface area (TPSA) is 90.2 Å². The van der Waals surface area contributed by atoms with Crippen LogP contribution in [0.2, 0.25) is 0 Å². The van der Waals surface area contributed by atoms with Crippen molar-refractivity contribution in [2.75, 3.05) is 6.61 Å². The SMILES string of the molecule is N#C/C=C/C[C@]1(O)O[C@H](COCc2ccccc2)[C@@H](OCc2ccccc2)[C@H](OCc2ccccc2)[C@H]1OCc1ccccc1. The summed E-state index contributed by atoms with van der Waals surface area (Å²) >= 11 is 0. The Morgan fingerprint density at radius 3 is 1.58 bits per heavy atom. The Balaban J connectivity index is 1.47. The summed E-state index contributed by atoms with van der Waals surface area (Å²) in [6.07, 6.45) is -0.172. The molecule has 4 aromatic rings. The first-order valence-electron chi connectivity index (χ1n) is 15.2. The molecule has 4 aromatic carbocycles. The van der Waals surface area contributed by atoms with E-state index >= 15 is 0 Å². The van der Waals surface area contributed by atoms with Crippen LogP contribution < -0.4 is 0 Å². The summed E-state index contributed by atoms with van der Waals surface area (Å²) in [5, 5.41) is 21.4. The predicted octanol–water partition coefficient (Wildman–Crippen LogP) is 6.52. The van der Waals surface area contributed by atoms with E-state index in [0.29, 0.717) is 13.2 Å². The van der Waals surface area contributed by atoms with Crippen LogP contribution in [-0.2, 0) is 50.1 Å². The van der Waals surface area contributed by atoms with Gasteiger partial charge in [-0.25, -0.2) is 0 Å². The van der Waals surface area contributed by atoms with Crippen LogP contribution in [0.5, 0.6) is 0 Å². The summed E-state index contributed by atoms with van der Waals surface area (Å²) in [4.78, 5) is 0. The second-order valence-electron chi connectivity index (χ2n) is 11.0. The standard InChI is InChI=1S/C38H39NO6/c39-24-14-13-23-38(40)37(44-28-33-21-11-4-12-22-33)36(43-27-32-19-9-3-10-20-32)35(42-26-31-17-7-2-8-18-31)34(45-38)29-41-25-30-15-5-1-6-16-30/h1-22,34-37,40H,23,25-29H2/b14-13+/t34-,35-,36+,37-,38+/m1/s1. The van der Waals surface area contributed by atoms with Gasteiger partial charge in [0.2, 0.25) is 0 Å². The molecule has 45 heavy (non-hydrogen) atoms. The van der Waals surface area contributed by atoms with E-state index in [1.54, 1.807) is 6.08 Å². The molecule has 0 unspecified atom stereocenters. The minimum Gasteiger partial charge on any atom is -0.374 e. The van der Waals surface area contributed by atoms with Crippen LogP contribution in [0.1, 0.15) is 28.7 Å². The smallest absolute Gasteiger partial charge is 0.199 e. The maximum Gasteiger partial charge on any atom is 0.199 e. The van der Waals surface area contributed by atoms with Gasteiger partial charge in [0.25, 0.3) is 0 Å². The number of allylic oxidation sites excluding steroid dienone is 1. The van der Waals surface area contributed by atoms with Crippen molar-refractivity contribution in [2.24, 2.45) is 0 Å². The molecule has 0 saturated carbocycles. The lowest BCUT2D eigenvalue weighted by atomic mass is 9.89. The van der Waals surface area contributed by atoms with Crippen LogP contribution in [-0.4, -0.2) is 41.9 Å². The van der Waals surface area contributed by atoms with Crippen molar-refractivity contribution in [3.8, 4) is 6.07 Å². The molecule has 1 aliphatic rings. The highest BCUT2D eigenvalue weighted by molar-refractivity contribution is 5.17. The number of nitriles is 1. The molecule has 1 fully saturated rings. The molecule has 0 aliphatic carbocycles. The van der Waals surface area contributed by atoms with Gasteiger partial charge in [0.1, 0.15) is 24.4 Å². The van der Waals surface area contributed by atoms with Crippen LogP contribution in [0.3, 0.4) is 0 Å². The molecule has 5 atom stereocenters. The second kappa shape index (κ2) is 16.8. The van der Waals surface area contributed by atoms with Crippen LogP contribution in [0.15, 0.2) is 133 Å². The summed E-state index contributed by atoms with van der Waals surface area (Å²) in [6, 6.07) is 41.3. The van der Waals surface area contributed by atoms with E-state index in [4.69, 9.17) is 23.7 Å². The summed E-state index contributed by atoms with van der Waals surface area (Å²) in [5.74, 6) is -1.84. The zero-order valence-electron chi connectivity index (χ0n) is 25.2. The lowest BCUT2D eigenvalue weighted by Crippen LogP contribution is -2.67. The Morgan fingerprint density at radius 1 is 0.644 bits per heavy atom. The normalized spacial score (nSPS) is 23.1. The van der Waals surface area contributed by atoms with Crippen molar-refractivity contribution >= 4 is 0 Å². The molecule has 5 rings (SSSR count). The Morgan fingerprint density at radius 2 is 1.09 bits per heavy atom. The zero-order chi connectivity index (χ0) is 31.2. The van der Waals surface area contributed by atoms with Crippen LogP contribution >= 0.6 is 0 Å². The van der Waals surface area contributed by atoms with Gasteiger partial charge in [0.15, 0.2) is 5.79 Å². The van der Waals surface area contributed by atoms with Crippen LogP contribution in [0.25, 0.3) is 0 Å². The number of ether oxygens (including phenoxy) is 5. The molecule has 1 saturated heterocycles. The minimum atomic E-state index is -1.84. The van der Waals surface area contributed by atoms with E-state index in [1.165, 1.54) is 6.08 Å². The van der Waals surface area contributed by atoms with Gasteiger partial charge in [-0.2, -0.15) is 5.26 Å². The van der Waals surface area contributed by atoms with Gasteiger partial charge in [-0.1, -0.05) is 127 Å². The van der Waals surface area contributed by atoms with Crippen molar-refractivity contribution in [3.63, 3.8) is 0 Å². The molecule has 7 nitrogen and oxygen atoms in total. The molecule has 0 radical (unpaired) electrons. The lowest BCUT2D eigenvalue weighted by Gasteiger charge is -2.50. The Labute approximate surface area is 265 Å². The maximum atomic E-state index is 12.2. The molecule has 232 valence electrons. The van der Waals surface area contributed by atoms with Gasteiger partial charge in [0.05, 0.1) is 39.1 Å². The molecular formula is C38H39NO6. The van der Waals surface area contributed by atoms with Gasteiger partial charge < -0.3 is 28.8 Å². The highest BCUT2D eigenvalue weighted by Gasteiger charge is 2.55. The number of rotatable bonds is 15. The average Bonchev–Trinajstić information content (AvgIpc) is 3.08. The highest BCUT2D eigenvalue weighted by atomic mass is 16.7. The number of hydrogen-bond acceptors (Lipinski definition) is 7. The Hall–Kier alpha value is -4.13. The number of benzene rings is 4. The van der Waals surface area contributed by atoms with Crippen molar-refractivity contribution in [1.82, 2.24) is 0 Å². The van der Waals surface area contributed by atoms with Gasteiger partial charge >= 0.3 is 0 Å². The molecule has 1 heterocycles. The van der Waals surface area contributed by atoms with Gasteiger partial charge in [-0.3, -0.25) is 0 Å². The first-order chi connectivity index (χ1) is 22.1. The third kappa shape index (κ3) is 9.43. The van der Waals surface area contributed by atoms with Crippen molar-refractivity contribution in [2.45, 2.75) is 63.1 Å². The molecule has 0 bridgehead atoms. The fourth-order valence-electron chi connectivity index (χ4n) is 5.38. The average molecular weight is 606 g/mol. The quantitative estimate of drug-likeness (QED) is 0.154.